The summed E-state index contributed by atoms with van der Waals surface area (Å²) in [5.74, 6) is 0. The number of pyridine rings is 1. The maximum Gasteiger partial charge on any atom is 0.284 e. The first-order valence-corrected chi connectivity index (χ1v) is 6.79. The van der Waals surface area contributed by atoms with Gasteiger partial charge in [-0.15, -0.1) is 0 Å². The lowest BCUT2D eigenvalue weighted by Gasteiger charge is -2.06. The van der Waals surface area contributed by atoms with Crippen molar-refractivity contribution in [3.8, 4) is 16.9 Å². The number of hydrogen-bond acceptors (Lipinski definition) is 4. The van der Waals surface area contributed by atoms with Crippen LogP contribution < -0.4 is 5.56 Å². The van der Waals surface area contributed by atoms with E-state index in [1.165, 1.54) is 10.9 Å². The molecule has 0 atom stereocenters. The summed E-state index contributed by atoms with van der Waals surface area (Å²) in [7, 11) is 0. The summed E-state index contributed by atoms with van der Waals surface area (Å²) in [4.78, 5) is 21.5. The highest BCUT2D eigenvalue weighted by molar-refractivity contribution is 5.77. The number of nitrogens with zero attached hydrogens (tertiary/aromatic N) is 3. The lowest BCUT2D eigenvalue weighted by molar-refractivity contribution is 0.568. The van der Waals surface area contributed by atoms with Gasteiger partial charge in [0.2, 0.25) is 0 Å². The van der Waals surface area contributed by atoms with Gasteiger partial charge in [0.1, 0.15) is 6.33 Å². The van der Waals surface area contributed by atoms with E-state index in [9.17, 15) is 4.79 Å². The molecule has 0 bridgehead atoms. The summed E-state index contributed by atoms with van der Waals surface area (Å²) in [6.45, 7) is 0. The predicted molar refractivity (Wildman–Crippen MR) is 82.8 cm³/mol. The molecule has 0 aliphatic rings. The molecule has 106 valence electrons. The van der Waals surface area contributed by atoms with E-state index in [2.05, 4.69) is 9.97 Å². The average Bonchev–Trinajstić information content (AvgIpc) is 3.10. The van der Waals surface area contributed by atoms with Gasteiger partial charge in [0.05, 0.1) is 29.4 Å². The van der Waals surface area contributed by atoms with Crippen LogP contribution in [0, 0.1) is 0 Å². The second-order valence-corrected chi connectivity index (χ2v) is 4.83. The molecule has 3 aromatic heterocycles. The molecule has 0 radical (unpaired) electrons. The first-order chi connectivity index (χ1) is 10.8. The second-order valence-electron chi connectivity index (χ2n) is 4.83. The fourth-order valence-corrected chi connectivity index (χ4v) is 2.34. The SMILES string of the molecule is O=c1c2nc(-c3ccoc3)ccc2ncn1-c1ccccc1. The molecule has 0 fully saturated rings. The van der Waals surface area contributed by atoms with Gasteiger partial charge in [-0.2, -0.15) is 0 Å². The van der Waals surface area contributed by atoms with Crippen molar-refractivity contribution in [2.45, 2.75) is 0 Å². The second kappa shape index (κ2) is 4.96. The normalized spacial score (nSPS) is 10.9. The van der Waals surface area contributed by atoms with E-state index in [0.717, 1.165) is 11.3 Å². The Bertz CT molecular complexity index is 990. The van der Waals surface area contributed by atoms with E-state index < -0.39 is 0 Å². The van der Waals surface area contributed by atoms with Crippen LogP contribution in [0.5, 0.6) is 0 Å². The highest BCUT2D eigenvalue weighted by atomic mass is 16.3. The number of fused-ring (bicyclic) bond motifs is 1. The maximum atomic E-state index is 12.7. The lowest BCUT2D eigenvalue weighted by Crippen LogP contribution is -2.19. The van der Waals surface area contributed by atoms with Gasteiger partial charge in [0, 0.05) is 5.56 Å². The summed E-state index contributed by atoms with van der Waals surface area (Å²) < 4.78 is 6.56. The first kappa shape index (κ1) is 12.5. The van der Waals surface area contributed by atoms with Crippen molar-refractivity contribution in [2.24, 2.45) is 0 Å². The molecule has 0 aliphatic carbocycles. The van der Waals surface area contributed by atoms with E-state index in [1.54, 1.807) is 24.7 Å². The summed E-state index contributed by atoms with van der Waals surface area (Å²) in [5, 5.41) is 0. The molecule has 5 heteroatoms. The van der Waals surface area contributed by atoms with Crippen LogP contribution in [-0.4, -0.2) is 14.5 Å². The molecule has 5 nitrogen and oxygen atoms in total. The third-order valence-corrected chi connectivity index (χ3v) is 3.46. The van der Waals surface area contributed by atoms with Crippen molar-refractivity contribution in [2.75, 3.05) is 0 Å². The van der Waals surface area contributed by atoms with E-state index in [-0.39, 0.29) is 5.56 Å². The minimum Gasteiger partial charge on any atom is -0.472 e. The molecule has 0 aliphatic heterocycles. The third-order valence-electron chi connectivity index (χ3n) is 3.46. The van der Waals surface area contributed by atoms with Crippen LogP contribution in [0.15, 0.2) is 76.6 Å². The van der Waals surface area contributed by atoms with Gasteiger partial charge in [0.15, 0.2) is 5.52 Å². The van der Waals surface area contributed by atoms with Crippen molar-refractivity contribution in [1.82, 2.24) is 14.5 Å². The predicted octanol–water partition coefficient (Wildman–Crippen LogP) is 3.04. The highest BCUT2D eigenvalue weighted by Gasteiger charge is 2.09. The van der Waals surface area contributed by atoms with Gasteiger partial charge in [-0.3, -0.25) is 9.36 Å². The molecule has 0 amide bonds. The topological polar surface area (TPSA) is 60.9 Å². The molecule has 3 heterocycles. The monoisotopic (exact) mass is 289 g/mol. The smallest absolute Gasteiger partial charge is 0.284 e. The largest absolute Gasteiger partial charge is 0.472 e. The van der Waals surface area contributed by atoms with E-state index in [1.807, 2.05) is 36.4 Å². The van der Waals surface area contributed by atoms with Gasteiger partial charge in [-0.1, -0.05) is 18.2 Å². The van der Waals surface area contributed by atoms with Crippen LogP contribution >= 0.6 is 0 Å². The minimum absolute atomic E-state index is 0.193. The number of para-hydroxylation sites is 1. The highest BCUT2D eigenvalue weighted by Crippen LogP contribution is 2.19. The molecular formula is C17H11N3O2. The fourth-order valence-electron chi connectivity index (χ4n) is 2.34. The van der Waals surface area contributed by atoms with Crippen molar-refractivity contribution >= 4 is 11.0 Å². The van der Waals surface area contributed by atoms with Gasteiger partial charge < -0.3 is 4.42 Å². The molecule has 4 aromatic rings. The van der Waals surface area contributed by atoms with E-state index in [4.69, 9.17) is 4.42 Å². The van der Waals surface area contributed by atoms with Gasteiger partial charge in [0.25, 0.3) is 5.56 Å². The number of hydrogen-bond donors (Lipinski definition) is 0. The number of aromatic nitrogens is 3. The summed E-state index contributed by atoms with van der Waals surface area (Å²) >= 11 is 0. The first-order valence-electron chi connectivity index (χ1n) is 6.79. The Balaban J connectivity index is 1.96. The van der Waals surface area contributed by atoms with Gasteiger partial charge >= 0.3 is 0 Å². The third kappa shape index (κ3) is 2.00. The molecule has 4 rings (SSSR count). The summed E-state index contributed by atoms with van der Waals surface area (Å²) in [6.07, 6.45) is 4.70. The fraction of sp³-hybridized carbons (Fsp3) is 0. The zero-order chi connectivity index (χ0) is 14.9. The van der Waals surface area contributed by atoms with Crippen LogP contribution in [0.2, 0.25) is 0 Å². The van der Waals surface area contributed by atoms with Crippen molar-refractivity contribution in [3.05, 3.63) is 77.7 Å². The van der Waals surface area contributed by atoms with E-state index >= 15 is 0 Å². The lowest BCUT2D eigenvalue weighted by atomic mass is 10.2. The zero-order valence-electron chi connectivity index (χ0n) is 11.5. The Morgan fingerprint density at radius 1 is 1.00 bits per heavy atom. The van der Waals surface area contributed by atoms with Crippen LogP contribution in [0.3, 0.4) is 0 Å². The zero-order valence-corrected chi connectivity index (χ0v) is 11.5. The Morgan fingerprint density at radius 2 is 1.86 bits per heavy atom. The summed E-state index contributed by atoms with van der Waals surface area (Å²) in [6, 6.07) is 14.8. The Labute approximate surface area is 125 Å². The molecule has 0 unspecified atom stereocenters. The van der Waals surface area contributed by atoms with Crippen molar-refractivity contribution in [3.63, 3.8) is 0 Å². The molecule has 0 saturated heterocycles. The maximum absolute atomic E-state index is 12.7. The van der Waals surface area contributed by atoms with Gasteiger partial charge in [-0.25, -0.2) is 9.97 Å². The summed E-state index contributed by atoms with van der Waals surface area (Å²) in [5.41, 5.74) is 3.00. The Hall–Kier alpha value is -3.21. The van der Waals surface area contributed by atoms with Crippen LogP contribution in [-0.2, 0) is 0 Å². The molecule has 0 spiro atoms. The van der Waals surface area contributed by atoms with Crippen LogP contribution in [0.4, 0.5) is 0 Å². The number of rotatable bonds is 2. The molecule has 0 saturated carbocycles. The molecule has 1 aromatic carbocycles. The number of furan rings is 1. The molecule has 0 N–H and O–H groups in total. The van der Waals surface area contributed by atoms with Gasteiger partial charge in [-0.05, 0) is 30.3 Å². The van der Waals surface area contributed by atoms with Crippen LogP contribution in [0.1, 0.15) is 0 Å². The average molecular weight is 289 g/mol. The van der Waals surface area contributed by atoms with Crippen molar-refractivity contribution < 1.29 is 4.42 Å². The quantitative estimate of drug-likeness (QED) is 0.569. The Kier molecular flexibility index (Phi) is 2.83. The van der Waals surface area contributed by atoms with Crippen LogP contribution in [0.25, 0.3) is 28.0 Å². The Morgan fingerprint density at radius 3 is 2.64 bits per heavy atom. The minimum atomic E-state index is -0.193. The van der Waals surface area contributed by atoms with E-state index in [0.29, 0.717) is 16.7 Å². The number of benzene rings is 1. The molecule has 22 heavy (non-hydrogen) atoms. The standard InChI is InChI=1S/C17H11N3O2/c21-17-16-15(7-6-14(19-16)12-8-9-22-10-12)18-11-20(17)13-4-2-1-3-5-13/h1-11H. The molecular weight excluding hydrogens is 278 g/mol. The van der Waals surface area contributed by atoms with Crippen molar-refractivity contribution in [1.29, 1.82) is 0 Å².